The highest BCUT2D eigenvalue weighted by Crippen LogP contribution is 2.16. The number of aryl methyl sites for hydroxylation is 1. The van der Waals surface area contributed by atoms with Gasteiger partial charge >= 0.3 is 0 Å². The Morgan fingerprint density at radius 2 is 2.22 bits per heavy atom. The molecule has 2 heterocycles. The van der Waals surface area contributed by atoms with E-state index in [1.807, 2.05) is 24.3 Å². The number of H-pyrrole nitrogens is 1. The molecule has 120 valence electrons. The first-order valence-corrected chi connectivity index (χ1v) is 7.97. The van der Waals surface area contributed by atoms with Crippen molar-refractivity contribution in [1.82, 2.24) is 19.6 Å². The zero-order valence-corrected chi connectivity index (χ0v) is 13.6. The summed E-state index contributed by atoms with van der Waals surface area (Å²) in [6.07, 6.45) is 3.30. The van der Waals surface area contributed by atoms with Gasteiger partial charge in [0.15, 0.2) is 0 Å². The molecule has 0 bridgehead atoms. The number of halogens is 1. The summed E-state index contributed by atoms with van der Waals surface area (Å²) in [5.41, 5.74) is 7.97. The largest absolute Gasteiger partial charge is 0.366 e. The summed E-state index contributed by atoms with van der Waals surface area (Å²) in [5.74, 6) is 0.466. The van der Waals surface area contributed by atoms with E-state index in [9.17, 15) is 4.79 Å². The molecular weight excluding hydrogens is 314 g/mol. The molecule has 0 amide bonds. The van der Waals surface area contributed by atoms with Crippen molar-refractivity contribution < 1.29 is 0 Å². The van der Waals surface area contributed by atoms with E-state index in [-0.39, 0.29) is 11.5 Å². The summed E-state index contributed by atoms with van der Waals surface area (Å²) in [7, 11) is 0. The molecule has 3 rings (SSSR count). The van der Waals surface area contributed by atoms with Gasteiger partial charge < -0.3 is 10.7 Å². The minimum atomic E-state index is -0.186. The minimum Gasteiger partial charge on any atom is -0.366 e. The molecule has 23 heavy (non-hydrogen) atoms. The number of nitrogens with two attached hydrogens (primary N) is 1. The van der Waals surface area contributed by atoms with E-state index in [1.165, 1.54) is 4.52 Å². The first-order valence-electron chi connectivity index (χ1n) is 7.59. The molecule has 0 saturated heterocycles. The highest BCUT2D eigenvalue weighted by molar-refractivity contribution is 6.30. The first-order chi connectivity index (χ1) is 11.1. The van der Waals surface area contributed by atoms with Crippen LogP contribution in [0.3, 0.4) is 0 Å². The number of rotatable bonds is 5. The molecule has 0 fully saturated rings. The number of hydrogen-bond donors (Lipinski definition) is 2. The Bertz CT molecular complexity index is 899. The van der Waals surface area contributed by atoms with Gasteiger partial charge in [0.1, 0.15) is 0 Å². The lowest BCUT2D eigenvalue weighted by atomic mass is 10.0. The van der Waals surface area contributed by atoms with Crippen molar-refractivity contribution in [3.8, 4) is 0 Å². The van der Waals surface area contributed by atoms with Gasteiger partial charge in [-0.25, -0.2) is 0 Å². The van der Waals surface area contributed by atoms with Crippen molar-refractivity contribution in [3.63, 3.8) is 0 Å². The molecule has 0 aliphatic rings. The lowest BCUT2D eigenvalue weighted by Gasteiger charge is -2.09. The Morgan fingerprint density at radius 3 is 2.96 bits per heavy atom. The summed E-state index contributed by atoms with van der Waals surface area (Å²) < 4.78 is 1.23. The molecule has 7 heteroatoms. The van der Waals surface area contributed by atoms with Crippen molar-refractivity contribution >= 4 is 23.3 Å². The molecule has 0 radical (unpaired) electrons. The number of unbranched alkanes of at least 4 members (excludes halogenated alkanes) is 1. The van der Waals surface area contributed by atoms with Crippen molar-refractivity contribution in [2.45, 2.75) is 32.6 Å². The molecule has 0 spiro atoms. The predicted octanol–water partition coefficient (Wildman–Crippen LogP) is 2.59. The molecule has 6 nitrogen and oxygen atoms in total. The maximum Gasteiger partial charge on any atom is 0.279 e. The highest BCUT2D eigenvalue weighted by atomic mass is 35.5. The van der Waals surface area contributed by atoms with Crippen LogP contribution in [0.5, 0.6) is 0 Å². The highest BCUT2D eigenvalue weighted by Gasteiger charge is 2.15. The topological polar surface area (TPSA) is 89.1 Å². The smallest absolute Gasteiger partial charge is 0.279 e. The number of hydrogen-bond acceptors (Lipinski definition) is 4. The standard InChI is InChI=1S/C16H18ClN5O/c1-2-3-7-13-12(9-10-5-4-6-11(17)8-10)14(23)22-16(19-13)20-15(18)21-22/h4-6,8H,2-3,7,9H2,1H3,(H3,18,19,20,21). The third-order valence-corrected chi connectivity index (χ3v) is 3.99. The maximum absolute atomic E-state index is 12.8. The van der Waals surface area contributed by atoms with E-state index in [4.69, 9.17) is 17.3 Å². The van der Waals surface area contributed by atoms with E-state index >= 15 is 0 Å². The van der Waals surface area contributed by atoms with Gasteiger partial charge in [-0.05, 0) is 30.5 Å². The van der Waals surface area contributed by atoms with Crippen LogP contribution in [0.15, 0.2) is 29.1 Å². The normalized spacial score (nSPS) is 11.2. The lowest BCUT2D eigenvalue weighted by Crippen LogP contribution is -2.23. The summed E-state index contributed by atoms with van der Waals surface area (Å²) >= 11 is 6.04. The second-order valence-electron chi connectivity index (χ2n) is 5.50. The second kappa shape index (κ2) is 6.42. The molecule has 0 aliphatic carbocycles. The number of benzene rings is 1. The van der Waals surface area contributed by atoms with E-state index in [1.54, 1.807) is 0 Å². The van der Waals surface area contributed by atoms with E-state index in [0.29, 0.717) is 22.8 Å². The van der Waals surface area contributed by atoms with E-state index in [0.717, 1.165) is 30.5 Å². The van der Waals surface area contributed by atoms with Crippen LogP contribution >= 0.6 is 11.6 Å². The summed E-state index contributed by atoms with van der Waals surface area (Å²) in [6, 6.07) is 7.51. The van der Waals surface area contributed by atoms with E-state index in [2.05, 4.69) is 22.0 Å². The zero-order valence-electron chi connectivity index (χ0n) is 12.8. The van der Waals surface area contributed by atoms with Crippen molar-refractivity contribution in [3.05, 3.63) is 56.5 Å². The van der Waals surface area contributed by atoms with Gasteiger partial charge in [-0.2, -0.15) is 9.50 Å². The van der Waals surface area contributed by atoms with Crippen molar-refractivity contribution in [1.29, 1.82) is 0 Å². The Labute approximate surface area is 138 Å². The number of aromatic amines is 1. The Hall–Kier alpha value is -2.34. The van der Waals surface area contributed by atoms with Crippen LogP contribution in [-0.4, -0.2) is 19.6 Å². The monoisotopic (exact) mass is 331 g/mol. The average Bonchev–Trinajstić information content (AvgIpc) is 2.89. The number of nitrogen functional groups attached to an aromatic ring is 1. The van der Waals surface area contributed by atoms with Crippen molar-refractivity contribution in [2.24, 2.45) is 0 Å². The van der Waals surface area contributed by atoms with Gasteiger partial charge in [0.05, 0.1) is 0 Å². The average molecular weight is 332 g/mol. The fourth-order valence-electron chi connectivity index (χ4n) is 2.62. The molecular formula is C16H18ClN5O. The first kappa shape index (κ1) is 15.6. The van der Waals surface area contributed by atoms with Crippen LogP contribution < -0.4 is 11.3 Å². The van der Waals surface area contributed by atoms with Gasteiger partial charge in [-0.3, -0.25) is 4.79 Å². The molecule has 0 saturated carbocycles. The fourth-order valence-corrected chi connectivity index (χ4v) is 2.83. The van der Waals surface area contributed by atoms with Crippen LogP contribution in [0.2, 0.25) is 5.02 Å². The predicted molar refractivity (Wildman–Crippen MR) is 90.9 cm³/mol. The van der Waals surface area contributed by atoms with Crippen LogP contribution in [0, 0.1) is 0 Å². The number of nitrogens with one attached hydrogen (secondary N) is 1. The Kier molecular flexibility index (Phi) is 4.34. The van der Waals surface area contributed by atoms with Crippen LogP contribution in [0.1, 0.15) is 36.6 Å². The van der Waals surface area contributed by atoms with E-state index < -0.39 is 0 Å². The quantitative estimate of drug-likeness (QED) is 0.752. The summed E-state index contributed by atoms with van der Waals surface area (Å²) in [4.78, 5) is 20.0. The molecule has 3 aromatic rings. The zero-order chi connectivity index (χ0) is 16.4. The lowest BCUT2D eigenvalue weighted by molar-refractivity contribution is 0.752. The Balaban J connectivity index is 2.11. The minimum absolute atomic E-state index is 0.0831. The van der Waals surface area contributed by atoms with Crippen LogP contribution in [-0.2, 0) is 12.8 Å². The fraction of sp³-hybridized carbons (Fsp3) is 0.312. The van der Waals surface area contributed by atoms with Gasteiger partial charge in [-0.15, -0.1) is 5.10 Å². The summed E-state index contributed by atoms with van der Waals surface area (Å²) in [5, 5.41) is 4.62. The van der Waals surface area contributed by atoms with Gasteiger partial charge in [0.25, 0.3) is 5.56 Å². The number of nitrogens with zero attached hydrogens (tertiary/aromatic N) is 3. The molecule has 3 N–H and O–H groups in total. The van der Waals surface area contributed by atoms with Gasteiger partial charge in [0.2, 0.25) is 11.7 Å². The third-order valence-electron chi connectivity index (χ3n) is 3.75. The van der Waals surface area contributed by atoms with Crippen LogP contribution in [0.25, 0.3) is 5.78 Å². The van der Waals surface area contributed by atoms with Crippen molar-refractivity contribution in [2.75, 3.05) is 5.73 Å². The molecule has 0 atom stereocenters. The van der Waals surface area contributed by atoms with Gasteiger partial charge in [0, 0.05) is 22.7 Å². The summed E-state index contributed by atoms with van der Waals surface area (Å²) in [6.45, 7) is 2.11. The SMILES string of the molecule is CCCCc1[nH]c2nc(N)nn2c(=O)c1Cc1cccc(Cl)c1. The van der Waals surface area contributed by atoms with Crippen LogP contribution in [0.4, 0.5) is 5.95 Å². The second-order valence-corrected chi connectivity index (χ2v) is 5.94. The molecule has 0 aliphatic heterocycles. The third kappa shape index (κ3) is 3.22. The molecule has 2 aromatic heterocycles. The number of aromatic nitrogens is 4. The molecule has 0 unspecified atom stereocenters. The number of fused-ring (bicyclic) bond motifs is 1. The van der Waals surface area contributed by atoms with Gasteiger partial charge in [-0.1, -0.05) is 37.1 Å². The molecule has 1 aromatic carbocycles. The maximum atomic E-state index is 12.8. The Morgan fingerprint density at radius 1 is 1.39 bits per heavy atom. The number of anilines is 1.